The first-order valence-electron chi connectivity index (χ1n) is 7.42. The molecule has 8 nitrogen and oxygen atoms in total. The fraction of sp³-hybridized carbons (Fsp3) is 0.312. The average molecular weight is 331 g/mol. The summed E-state index contributed by atoms with van der Waals surface area (Å²) in [4.78, 5) is 25.0. The van der Waals surface area contributed by atoms with Crippen LogP contribution in [0.25, 0.3) is 5.69 Å². The summed E-state index contributed by atoms with van der Waals surface area (Å²) < 4.78 is 12.0. The third-order valence-electron chi connectivity index (χ3n) is 3.79. The van der Waals surface area contributed by atoms with Crippen LogP contribution in [0.15, 0.2) is 36.7 Å². The molecule has 2 aromatic rings. The summed E-state index contributed by atoms with van der Waals surface area (Å²) in [7, 11) is 1.56. The Morgan fingerprint density at radius 1 is 1.38 bits per heavy atom. The minimum absolute atomic E-state index is 0.0218. The minimum Gasteiger partial charge on any atom is -0.494 e. The van der Waals surface area contributed by atoms with E-state index in [0.717, 1.165) is 0 Å². The number of benzene rings is 1. The number of aliphatic carboxylic acids is 1. The first-order chi connectivity index (χ1) is 11.6. The average Bonchev–Trinajstić information content (AvgIpc) is 3.11. The Kier molecular flexibility index (Phi) is 4.48. The maximum atomic E-state index is 12.6. The molecule has 0 unspecified atom stereocenters. The molecule has 1 N–H and O–H groups in total. The summed E-state index contributed by atoms with van der Waals surface area (Å²) in [5.74, 6) is -0.708. The number of methoxy groups -OCH3 is 1. The van der Waals surface area contributed by atoms with E-state index in [4.69, 9.17) is 14.6 Å². The van der Waals surface area contributed by atoms with Gasteiger partial charge in [0.2, 0.25) is 0 Å². The SMILES string of the molecule is COc1ccccc1-n1cc(C(=O)N2CCO[C@@H](C(=O)O)C2)cn1. The van der Waals surface area contributed by atoms with E-state index < -0.39 is 12.1 Å². The Bertz CT molecular complexity index is 758. The quantitative estimate of drug-likeness (QED) is 0.891. The molecule has 2 heterocycles. The lowest BCUT2D eigenvalue weighted by Crippen LogP contribution is -2.48. The van der Waals surface area contributed by atoms with Gasteiger partial charge in [0.15, 0.2) is 6.10 Å². The highest BCUT2D eigenvalue weighted by molar-refractivity contribution is 5.94. The molecule has 24 heavy (non-hydrogen) atoms. The van der Waals surface area contributed by atoms with Crippen molar-refractivity contribution in [2.75, 3.05) is 26.8 Å². The highest BCUT2D eigenvalue weighted by Crippen LogP contribution is 2.22. The molecular weight excluding hydrogens is 314 g/mol. The van der Waals surface area contributed by atoms with Crippen LogP contribution in [-0.2, 0) is 9.53 Å². The third-order valence-corrected chi connectivity index (χ3v) is 3.79. The van der Waals surface area contributed by atoms with Crippen molar-refractivity contribution in [3.63, 3.8) is 0 Å². The number of ether oxygens (including phenoxy) is 2. The second-order valence-corrected chi connectivity index (χ2v) is 5.29. The number of hydrogen-bond donors (Lipinski definition) is 1. The van der Waals surface area contributed by atoms with Gasteiger partial charge in [-0.25, -0.2) is 9.48 Å². The molecule has 1 aliphatic heterocycles. The number of nitrogens with zero attached hydrogens (tertiary/aromatic N) is 3. The number of amides is 1. The molecule has 0 aliphatic carbocycles. The highest BCUT2D eigenvalue weighted by Gasteiger charge is 2.30. The zero-order valence-electron chi connectivity index (χ0n) is 13.1. The lowest BCUT2D eigenvalue weighted by atomic mass is 10.2. The molecule has 0 spiro atoms. The van der Waals surface area contributed by atoms with Crippen molar-refractivity contribution in [1.82, 2.24) is 14.7 Å². The lowest BCUT2D eigenvalue weighted by Gasteiger charge is -2.30. The summed E-state index contributed by atoms with van der Waals surface area (Å²) in [6.45, 7) is 0.569. The molecule has 1 fully saturated rings. The monoisotopic (exact) mass is 331 g/mol. The van der Waals surface area contributed by atoms with E-state index in [1.807, 2.05) is 18.2 Å². The fourth-order valence-electron chi connectivity index (χ4n) is 2.55. The molecule has 1 aromatic heterocycles. The van der Waals surface area contributed by atoms with Gasteiger partial charge in [-0.2, -0.15) is 5.10 Å². The molecule has 1 saturated heterocycles. The number of aromatic nitrogens is 2. The third kappa shape index (κ3) is 3.09. The lowest BCUT2D eigenvalue weighted by molar-refractivity contribution is -0.154. The van der Waals surface area contributed by atoms with Crippen LogP contribution in [-0.4, -0.2) is 64.6 Å². The van der Waals surface area contributed by atoms with Crippen LogP contribution in [0.2, 0.25) is 0 Å². The van der Waals surface area contributed by atoms with Gasteiger partial charge in [-0.1, -0.05) is 12.1 Å². The van der Waals surface area contributed by atoms with Gasteiger partial charge in [0, 0.05) is 12.7 Å². The number of morpholine rings is 1. The number of hydrogen-bond acceptors (Lipinski definition) is 5. The van der Waals surface area contributed by atoms with Crippen molar-refractivity contribution >= 4 is 11.9 Å². The van der Waals surface area contributed by atoms with Gasteiger partial charge in [0.05, 0.1) is 32.0 Å². The van der Waals surface area contributed by atoms with Crippen LogP contribution in [0.4, 0.5) is 0 Å². The van der Waals surface area contributed by atoms with Crippen LogP contribution >= 0.6 is 0 Å². The molecule has 3 rings (SSSR count). The second kappa shape index (κ2) is 6.71. The molecule has 0 radical (unpaired) electrons. The van der Waals surface area contributed by atoms with E-state index in [1.54, 1.807) is 24.1 Å². The largest absolute Gasteiger partial charge is 0.494 e. The number of carbonyl (C=O) groups excluding carboxylic acids is 1. The van der Waals surface area contributed by atoms with Crippen molar-refractivity contribution in [1.29, 1.82) is 0 Å². The molecule has 0 bridgehead atoms. The maximum Gasteiger partial charge on any atom is 0.334 e. The van der Waals surface area contributed by atoms with Gasteiger partial charge in [0.1, 0.15) is 11.4 Å². The number of para-hydroxylation sites is 2. The van der Waals surface area contributed by atoms with E-state index in [1.165, 1.54) is 11.1 Å². The number of carboxylic acid groups (broad SMARTS) is 1. The van der Waals surface area contributed by atoms with Crippen molar-refractivity contribution in [3.8, 4) is 11.4 Å². The number of carboxylic acids is 1. The van der Waals surface area contributed by atoms with Gasteiger partial charge in [-0.05, 0) is 12.1 Å². The molecule has 126 valence electrons. The van der Waals surface area contributed by atoms with E-state index in [-0.39, 0.29) is 19.1 Å². The normalized spacial score (nSPS) is 17.5. The minimum atomic E-state index is -1.07. The Morgan fingerprint density at radius 2 is 2.17 bits per heavy atom. The van der Waals surface area contributed by atoms with Crippen LogP contribution in [0, 0.1) is 0 Å². The van der Waals surface area contributed by atoms with Crippen molar-refractivity contribution in [3.05, 3.63) is 42.2 Å². The molecule has 8 heteroatoms. The van der Waals surface area contributed by atoms with E-state index in [9.17, 15) is 9.59 Å². The molecular formula is C16H17N3O5. The topological polar surface area (TPSA) is 93.9 Å². The van der Waals surface area contributed by atoms with Crippen LogP contribution in [0.1, 0.15) is 10.4 Å². The van der Waals surface area contributed by atoms with Gasteiger partial charge < -0.3 is 19.5 Å². The van der Waals surface area contributed by atoms with E-state index >= 15 is 0 Å². The van der Waals surface area contributed by atoms with Gasteiger partial charge in [-0.15, -0.1) is 0 Å². The standard InChI is InChI=1S/C16H17N3O5/c1-23-13-5-3-2-4-12(13)19-9-11(8-17-19)15(20)18-6-7-24-14(10-18)16(21)22/h2-5,8-9,14H,6-7,10H2,1H3,(H,21,22)/t14-/m1/s1. The van der Waals surface area contributed by atoms with E-state index in [0.29, 0.717) is 23.5 Å². The molecule has 1 aromatic carbocycles. The molecule has 1 atom stereocenters. The zero-order valence-corrected chi connectivity index (χ0v) is 13.1. The van der Waals surface area contributed by atoms with E-state index in [2.05, 4.69) is 5.10 Å². The predicted molar refractivity (Wildman–Crippen MR) is 83.4 cm³/mol. The van der Waals surface area contributed by atoms with Crippen LogP contribution in [0.5, 0.6) is 5.75 Å². The van der Waals surface area contributed by atoms with Crippen LogP contribution < -0.4 is 4.74 Å². The Hall–Kier alpha value is -2.87. The molecule has 1 aliphatic rings. The molecule has 1 amide bonds. The summed E-state index contributed by atoms with van der Waals surface area (Å²) in [6, 6.07) is 7.32. The predicted octanol–water partition coefficient (Wildman–Crippen LogP) is 0.806. The van der Waals surface area contributed by atoms with Crippen molar-refractivity contribution in [2.24, 2.45) is 0 Å². The number of carbonyl (C=O) groups is 2. The summed E-state index contributed by atoms with van der Waals surface area (Å²) in [6.07, 6.45) is 2.07. The Labute approximate surface area is 138 Å². The fourth-order valence-corrected chi connectivity index (χ4v) is 2.55. The van der Waals surface area contributed by atoms with Crippen molar-refractivity contribution in [2.45, 2.75) is 6.10 Å². The summed E-state index contributed by atoms with van der Waals surface area (Å²) in [5.41, 5.74) is 1.09. The first-order valence-corrected chi connectivity index (χ1v) is 7.42. The van der Waals surface area contributed by atoms with Crippen molar-refractivity contribution < 1.29 is 24.2 Å². The second-order valence-electron chi connectivity index (χ2n) is 5.29. The Balaban J connectivity index is 1.80. The van der Waals surface area contributed by atoms with Gasteiger partial charge >= 0.3 is 5.97 Å². The highest BCUT2D eigenvalue weighted by atomic mass is 16.5. The van der Waals surface area contributed by atoms with Gasteiger partial charge in [-0.3, -0.25) is 4.79 Å². The smallest absolute Gasteiger partial charge is 0.334 e. The molecule has 0 saturated carbocycles. The van der Waals surface area contributed by atoms with Gasteiger partial charge in [0.25, 0.3) is 5.91 Å². The number of rotatable bonds is 4. The summed E-state index contributed by atoms with van der Waals surface area (Å²) >= 11 is 0. The first kappa shape index (κ1) is 16.0. The maximum absolute atomic E-state index is 12.6. The summed E-state index contributed by atoms with van der Waals surface area (Å²) in [5, 5.41) is 13.2. The van der Waals surface area contributed by atoms with Crippen LogP contribution in [0.3, 0.4) is 0 Å². The Morgan fingerprint density at radius 3 is 2.92 bits per heavy atom. The zero-order chi connectivity index (χ0) is 17.1.